The molecule has 6 nitrogen and oxygen atoms in total. The summed E-state index contributed by atoms with van der Waals surface area (Å²) < 4.78 is 5.65. The number of piperidine rings is 3. The van der Waals surface area contributed by atoms with Crippen LogP contribution in [-0.2, 0) is 0 Å². The fourth-order valence-corrected chi connectivity index (χ4v) is 3.92. The fraction of sp³-hybridized carbons (Fsp3) is 0.444. The highest BCUT2D eigenvalue weighted by Crippen LogP contribution is 2.32. The molecule has 6 heteroatoms. The van der Waals surface area contributed by atoms with Gasteiger partial charge in [-0.25, -0.2) is 4.98 Å². The largest absolute Gasteiger partial charge is 0.432 e. The lowest BCUT2D eigenvalue weighted by atomic mass is 9.79. The molecule has 2 aromatic rings. The third-order valence-corrected chi connectivity index (χ3v) is 5.37. The van der Waals surface area contributed by atoms with Gasteiger partial charge in [-0.15, -0.1) is 0 Å². The number of nitrogen functional groups attached to an aromatic ring is 1. The van der Waals surface area contributed by atoms with E-state index in [2.05, 4.69) is 22.1 Å². The van der Waals surface area contributed by atoms with E-state index in [1.54, 1.807) is 18.3 Å². The predicted octanol–water partition coefficient (Wildman–Crippen LogP) is 2.14. The summed E-state index contributed by atoms with van der Waals surface area (Å²) in [5, 5.41) is 3.13. The standard InChI is InChI=1S/C18H22N4O2/c1-11-16(13-6-8-22(11)9-7-13)21-17(23)18-20-10-15(24-18)12-2-4-14(19)5-3-12/h2-5,10-11,13,16H,6-9,19H2,1H3,(H,21,23). The second-order valence-corrected chi connectivity index (χ2v) is 6.76. The summed E-state index contributed by atoms with van der Waals surface area (Å²) in [6.45, 7) is 4.46. The second-order valence-electron chi connectivity index (χ2n) is 6.76. The van der Waals surface area contributed by atoms with Crippen molar-refractivity contribution >= 4 is 11.6 Å². The smallest absolute Gasteiger partial charge is 0.307 e. The number of nitrogens with one attached hydrogen (secondary N) is 1. The van der Waals surface area contributed by atoms with Gasteiger partial charge >= 0.3 is 5.91 Å². The van der Waals surface area contributed by atoms with E-state index in [-0.39, 0.29) is 17.8 Å². The highest BCUT2D eigenvalue weighted by atomic mass is 16.4. The lowest BCUT2D eigenvalue weighted by molar-refractivity contribution is 0.0210. The van der Waals surface area contributed by atoms with Crippen LogP contribution in [0.4, 0.5) is 5.69 Å². The number of hydrogen-bond donors (Lipinski definition) is 2. The molecule has 3 aliphatic rings. The quantitative estimate of drug-likeness (QED) is 0.844. The monoisotopic (exact) mass is 326 g/mol. The van der Waals surface area contributed by atoms with Crippen molar-refractivity contribution in [2.24, 2.45) is 5.92 Å². The summed E-state index contributed by atoms with van der Waals surface area (Å²) >= 11 is 0. The van der Waals surface area contributed by atoms with Gasteiger partial charge in [-0.2, -0.15) is 0 Å². The van der Waals surface area contributed by atoms with Gasteiger partial charge in [0.05, 0.1) is 6.20 Å². The van der Waals surface area contributed by atoms with Crippen LogP contribution < -0.4 is 11.1 Å². The molecule has 3 N–H and O–H groups in total. The van der Waals surface area contributed by atoms with Gasteiger partial charge in [0.25, 0.3) is 5.89 Å². The molecule has 126 valence electrons. The number of amides is 1. The van der Waals surface area contributed by atoms with Crippen LogP contribution in [0.1, 0.15) is 30.5 Å². The highest BCUT2D eigenvalue weighted by Gasteiger charge is 2.40. The molecule has 2 atom stereocenters. The van der Waals surface area contributed by atoms with Crippen molar-refractivity contribution in [2.75, 3.05) is 18.8 Å². The number of anilines is 1. The Balaban J connectivity index is 1.48. The molecule has 3 saturated heterocycles. The van der Waals surface area contributed by atoms with E-state index < -0.39 is 0 Å². The zero-order chi connectivity index (χ0) is 16.7. The highest BCUT2D eigenvalue weighted by molar-refractivity contribution is 5.90. The Morgan fingerprint density at radius 1 is 1.29 bits per heavy atom. The number of carbonyl (C=O) groups is 1. The summed E-state index contributed by atoms with van der Waals surface area (Å²) in [7, 11) is 0. The number of rotatable bonds is 3. The number of carbonyl (C=O) groups excluding carboxylic acids is 1. The van der Waals surface area contributed by atoms with Gasteiger partial charge in [0.1, 0.15) is 0 Å². The van der Waals surface area contributed by atoms with E-state index in [1.807, 2.05) is 12.1 Å². The van der Waals surface area contributed by atoms with Crippen LogP contribution in [0.2, 0.25) is 0 Å². The Morgan fingerprint density at radius 3 is 2.67 bits per heavy atom. The lowest BCUT2D eigenvalue weighted by Gasteiger charge is -2.49. The molecule has 4 heterocycles. The molecular weight excluding hydrogens is 304 g/mol. The SMILES string of the molecule is CC1C(NC(=O)c2ncc(-c3ccc(N)cc3)o2)C2CCN1CC2. The van der Waals surface area contributed by atoms with E-state index in [9.17, 15) is 4.79 Å². The molecule has 0 saturated carbocycles. The van der Waals surface area contributed by atoms with Crippen molar-refractivity contribution in [1.29, 1.82) is 0 Å². The maximum absolute atomic E-state index is 12.5. The molecule has 1 aromatic heterocycles. The topological polar surface area (TPSA) is 84.4 Å². The summed E-state index contributed by atoms with van der Waals surface area (Å²) in [6, 6.07) is 7.85. The van der Waals surface area contributed by atoms with Crippen molar-refractivity contribution in [3.63, 3.8) is 0 Å². The molecule has 0 aliphatic carbocycles. The number of fused-ring (bicyclic) bond motifs is 3. The summed E-state index contributed by atoms with van der Waals surface area (Å²) in [5.41, 5.74) is 7.23. The maximum atomic E-state index is 12.5. The average Bonchev–Trinajstić information content (AvgIpc) is 3.09. The van der Waals surface area contributed by atoms with Gasteiger partial charge < -0.3 is 15.5 Å². The zero-order valence-corrected chi connectivity index (χ0v) is 13.7. The first-order valence-corrected chi connectivity index (χ1v) is 8.48. The molecule has 1 aromatic carbocycles. The first-order valence-electron chi connectivity index (χ1n) is 8.48. The van der Waals surface area contributed by atoms with Crippen molar-refractivity contribution in [3.8, 4) is 11.3 Å². The normalized spacial score (nSPS) is 28.7. The van der Waals surface area contributed by atoms with Crippen LogP contribution in [0.3, 0.4) is 0 Å². The molecule has 2 unspecified atom stereocenters. The molecule has 3 aliphatic heterocycles. The Bertz CT molecular complexity index is 730. The van der Waals surface area contributed by atoms with Gasteiger partial charge in [0.2, 0.25) is 0 Å². The molecule has 0 radical (unpaired) electrons. The second kappa shape index (κ2) is 5.94. The minimum absolute atomic E-state index is 0.116. The van der Waals surface area contributed by atoms with Crippen molar-refractivity contribution < 1.29 is 9.21 Å². The Morgan fingerprint density at radius 2 is 2.00 bits per heavy atom. The first-order chi connectivity index (χ1) is 11.6. The fourth-order valence-electron chi connectivity index (χ4n) is 3.92. The number of hydrogen-bond acceptors (Lipinski definition) is 5. The van der Waals surface area contributed by atoms with E-state index in [4.69, 9.17) is 10.2 Å². The van der Waals surface area contributed by atoms with Crippen LogP contribution in [-0.4, -0.2) is 41.0 Å². The molecular formula is C18H22N4O2. The van der Waals surface area contributed by atoms with Gasteiger partial charge in [-0.3, -0.25) is 9.69 Å². The van der Waals surface area contributed by atoms with Crippen LogP contribution in [0.5, 0.6) is 0 Å². The minimum Gasteiger partial charge on any atom is -0.432 e. The van der Waals surface area contributed by atoms with Gasteiger partial charge in [0, 0.05) is 23.3 Å². The number of aromatic nitrogens is 1. The van der Waals surface area contributed by atoms with Crippen LogP contribution >= 0.6 is 0 Å². The molecule has 3 fully saturated rings. The lowest BCUT2D eigenvalue weighted by Crippen LogP contribution is -2.62. The summed E-state index contributed by atoms with van der Waals surface area (Å²) in [5.74, 6) is 1.01. The van der Waals surface area contributed by atoms with E-state index in [0.717, 1.165) is 31.5 Å². The van der Waals surface area contributed by atoms with Gasteiger partial charge in [-0.05, 0) is 63.0 Å². The van der Waals surface area contributed by atoms with E-state index >= 15 is 0 Å². The van der Waals surface area contributed by atoms with E-state index in [1.165, 1.54) is 0 Å². The zero-order valence-electron chi connectivity index (χ0n) is 13.7. The molecule has 5 rings (SSSR count). The van der Waals surface area contributed by atoms with Gasteiger partial charge in [0.15, 0.2) is 5.76 Å². The first kappa shape index (κ1) is 15.2. The molecule has 2 bridgehead atoms. The Labute approximate surface area is 141 Å². The third-order valence-electron chi connectivity index (χ3n) is 5.37. The van der Waals surface area contributed by atoms with Crippen LogP contribution in [0.15, 0.2) is 34.9 Å². The van der Waals surface area contributed by atoms with Crippen molar-refractivity contribution in [2.45, 2.75) is 31.8 Å². The number of nitrogens with two attached hydrogens (primary N) is 1. The van der Waals surface area contributed by atoms with Gasteiger partial charge in [-0.1, -0.05) is 0 Å². The number of oxazole rings is 1. The maximum Gasteiger partial charge on any atom is 0.307 e. The summed E-state index contributed by atoms with van der Waals surface area (Å²) in [6.07, 6.45) is 3.88. The van der Waals surface area contributed by atoms with Crippen LogP contribution in [0, 0.1) is 5.92 Å². The summed E-state index contributed by atoms with van der Waals surface area (Å²) in [4.78, 5) is 19.1. The van der Waals surface area contributed by atoms with Crippen molar-refractivity contribution in [1.82, 2.24) is 15.2 Å². The average molecular weight is 326 g/mol. The molecule has 0 spiro atoms. The predicted molar refractivity (Wildman–Crippen MR) is 91.4 cm³/mol. The molecule has 24 heavy (non-hydrogen) atoms. The molecule has 1 amide bonds. The van der Waals surface area contributed by atoms with Crippen molar-refractivity contribution in [3.05, 3.63) is 36.4 Å². The van der Waals surface area contributed by atoms with E-state index in [0.29, 0.717) is 23.4 Å². The number of benzene rings is 1. The minimum atomic E-state index is -0.234. The van der Waals surface area contributed by atoms with Crippen LogP contribution in [0.25, 0.3) is 11.3 Å². The number of nitrogens with zero attached hydrogens (tertiary/aromatic N) is 2. The Hall–Kier alpha value is -2.34. The Kier molecular flexibility index (Phi) is 3.76. The third kappa shape index (κ3) is 2.67.